The number of H-pyrrole nitrogens is 1. The highest BCUT2D eigenvalue weighted by atomic mass is 19.1. The van der Waals surface area contributed by atoms with Gasteiger partial charge in [-0.2, -0.15) is 5.26 Å². The lowest BCUT2D eigenvalue weighted by Gasteiger charge is -2.35. The number of amides is 1. The van der Waals surface area contributed by atoms with Crippen LogP contribution in [0.2, 0.25) is 0 Å². The Bertz CT molecular complexity index is 1340. The Labute approximate surface area is 231 Å². The normalized spacial score (nSPS) is 21.2. The summed E-state index contributed by atoms with van der Waals surface area (Å²) in [5, 5.41) is 17.9. The number of hydrogen-bond acceptors (Lipinski definition) is 10. The zero-order valence-electron chi connectivity index (χ0n) is 22.2. The third-order valence-electron chi connectivity index (χ3n) is 6.83. The second kappa shape index (κ2) is 12.5. The van der Waals surface area contributed by atoms with E-state index in [0.717, 1.165) is 39.3 Å². The molecule has 5 rings (SSSR count). The van der Waals surface area contributed by atoms with E-state index in [-0.39, 0.29) is 31.5 Å². The molecule has 1 amide bonds. The number of aromatic amines is 1. The molecule has 2 aliphatic heterocycles. The molecular weight excluding hydrogens is 517 g/mol. The predicted molar refractivity (Wildman–Crippen MR) is 144 cm³/mol. The van der Waals surface area contributed by atoms with E-state index in [9.17, 15) is 9.18 Å². The number of rotatable bonds is 10. The maximum atomic E-state index is 13.7. The molecule has 2 saturated heterocycles. The Hall–Kier alpha value is -3.96. The van der Waals surface area contributed by atoms with Crippen molar-refractivity contribution in [3.8, 4) is 28.7 Å². The van der Waals surface area contributed by atoms with Crippen LogP contribution in [0.1, 0.15) is 25.5 Å². The van der Waals surface area contributed by atoms with Crippen molar-refractivity contribution in [1.82, 2.24) is 35.5 Å². The first-order chi connectivity index (χ1) is 19.4. The molecule has 13 heteroatoms. The molecule has 12 nitrogen and oxygen atoms in total. The van der Waals surface area contributed by atoms with Gasteiger partial charge in [-0.3, -0.25) is 9.69 Å². The first-order valence-corrected chi connectivity index (χ1v) is 13.2. The van der Waals surface area contributed by atoms with Crippen molar-refractivity contribution < 1.29 is 18.7 Å². The highest BCUT2D eigenvalue weighted by molar-refractivity contribution is 5.83. The van der Waals surface area contributed by atoms with Crippen molar-refractivity contribution in [2.45, 2.75) is 19.6 Å². The predicted octanol–water partition coefficient (Wildman–Crippen LogP) is 2.03. The van der Waals surface area contributed by atoms with Crippen molar-refractivity contribution in [1.29, 1.82) is 5.26 Å². The van der Waals surface area contributed by atoms with Crippen LogP contribution in [0.25, 0.3) is 22.6 Å². The number of hydrogen-bond donors (Lipinski definition) is 4. The molecule has 0 bridgehead atoms. The standard InChI is InChI=1S/C27H32FN9O3/c1-27(25(38)31-11-8-29)15-39-24(40-16-27)23-35-21(18-3-5-19(28)6-4-18)22(36-23)20-7-10-33-26(34-20)32-9-2-13-37-14-12-30-17-37/h3-7,10,24,30H,2,9,11-17H2,1H3,(H,31,38)(H,35,36)(H,32,33,34). The maximum absolute atomic E-state index is 13.7. The molecule has 0 spiro atoms. The summed E-state index contributed by atoms with van der Waals surface area (Å²) in [7, 11) is 0. The largest absolute Gasteiger partial charge is 0.354 e. The van der Waals surface area contributed by atoms with Gasteiger partial charge in [0.15, 0.2) is 5.82 Å². The molecule has 2 aromatic heterocycles. The minimum atomic E-state index is -0.943. The number of benzene rings is 1. The molecule has 0 unspecified atom stereocenters. The lowest BCUT2D eigenvalue weighted by molar-refractivity contribution is -0.230. The minimum absolute atomic E-state index is 0.0753. The van der Waals surface area contributed by atoms with Crippen molar-refractivity contribution in [3.05, 3.63) is 48.2 Å². The molecular formula is C27H32FN9O3. The number of carbonyl (C=O) groups is 1. The van der Waals surface area contributed by atoms with Crippen LogP contribution < -0.4 is 16.0 Å². The van der Waals surface area contributed by atoms with E-state index in [1.54, 1.807) is 31.3 Å². The fourth-order valence-corrected chi connectivity index (χ4v) is 4.57. The summed E-state index contributed by atoms with van der Waals surface area (Å²) in [6.07, 6.45) is 1.76. The number of nitrogens with zero attached hydrogens (tertiary/aromatic N) is 5. The average molecular weight is 550 g/mol. The Morgan fingerprint density at radius 1 is 1.25 bits per heavy atom. The van der Waals surface area contributed by atoms with E-state index in [1.807, 2.05) is 6.07 Å². The molecule has 4 N–H and O–H groups in total. The monoisotopic (exact) mass is 549 g/mol. The van der Waals surface area contributed by atoms with Gasteiger partial charge in [0.25, 0.3) is 0 Å². The van der Waals surface area contributed by atoms with Gasteiger partial charge in [-0.1, -0.05) is 0 Å². The number of imidazole rings is 1. The van der Waals surface area contributed by atoms with Crippen molar-refractivity contribution in [2.24, 2.45) is 5.41 Å². The van der Waals surface area contributed by atoms with Crippen molar-refractivity contribution in [3.63, 3.8) is 0 Å². The topological polar surface area (TPSA) is 153 Å². The second-order valence-corrected chi connectivity index (χ2v) is 10.0. The van der Waals surface area contributed by atoms with Gasteiger partial charge in [0.2, 0.25) is 18.1 Å². The Kier molecular flexibility index (Phi) is 8.61. The molecule has 0 aliphatic carbocycles. The molecule has 40 heavy (non-hydrogen) atoms. The molecule has 2 aliphatic rings. The van der Waals surface area contributed by atoms with Crippen molar-refractivity contribution in [2.75, 3.05) is 57.9 Å². The quantitative estimate of drug-likeness (QED) is 0.218. The molecule has 0 atom stereocenters. The molecule has 210 valence electrons. The highest BCUT2D eigenvalue weighted by Crippen LogP contribution is 2.35. The van der Waals surface area contributed by atoms with Crippen LogP contribution in [0.4, 0.5) is 10.3 Å². The Morgan fingerprint density at radius 3 is 2.77 bits per heavy atom. The van der Waals surface area contributed by atoms with E-state index >= 15 is 0 Å². The summed E-state index contributed by atoms with van der Waals surface area (Å²) >= 11 is 0. The summed E-state index contributed by atoms with van der Waals surface area (Å²) in [6.45, 7) is 6.48. The zero-order valence-corrected chi connectivity index (χ0v) is 22.2. The molecule has 1 aromatic carbocycles. The van der Waals surface area contributed by atoms with Crippen LogP contribution in [0.3, 0.4) is 0 Å². The SMILES string of the molecule is CC1(C(=O)NCC#N)COC(c2nc(-c3ccc(F)cc3)c(-c3ccnc(NCCCN4CCNC4)n3)[nH]2)OC1. The van der Waals surface area contributed by atoms with Crippen LogP contribution in [0.5, 0.6) is 0 Å². The van der Waals surface area contributed by atoms with Gasteiger partial charge in [-0.05, 0) is 43.7 Å². The summed E-state index contributed by atoms with van der Waals surface area (Å²) in [5.41, 5.74) is 1.48. The molecule has 3 aromatic rings. The molecule has 4 heterocycles. The van der Waals surface area contributed by atoms with Gasteiger partial charge < -0.3 is 30.4 Å². The Morgan fingerprint density at radius 2 is 2.05 bits per heavy atom. The summed E-state index contributed by atoms with van der Waals surface area (Å²) in [5.74, 6) is 0.202. The number of carbonyl (C=O) groups excluding carboxylic acids is 1. The fourth-order valence-electron chi connectivity index (χ4n) is 4.57. The van der Waals surface area contributed by atoms with Gasteiger partial charge in [0.05, 0.1) is 41.8 Å². The minimum Gasteiger partial charge on any atom is -0.354 e. The van der Waals surface area contributed by atoms with E-state index in [1.165, 1.54) is 12.1 Å². The third-order valence-corrected chi connectivity index (χ3v) is 6.83. The average Bonchev–Trinajstić information content (AvgIpc) is 3.66. The molecule has 2 fully saturated rings. The number of nitrogens with one attached hydrogen (secondary N) is 4. The van der Waals surface area contributed by atoms with Gasteiger partial charge in [0.1, 0.15) is 12.4 Å². The number of ether oxygens (including phenoxy) is 2. The van der Waals surface area contributed by atoms with Gasteiger partial charge >= 0.3 is 0 Å². The lowest BCUT2D eigenvalue weighted by atomic mass is 9.91. The third kappa shape index (κ3) is 6.43. The Balaban J connectivity index is 1.34. The van der Waals surface area contributed by atoms with Gasteiger partial charge in [0, 0.05) is 44.6 Å². The molecule has 0 radical (unpaired) electrons. The van der Waals surface area contributed by atoms with Gasteiger partial charge in [-0.15, -0.1) is 0 Å². The number of halogens is 1. The second-order valence-electron chi connectivity index (χ2n) is 10.0. The van der Waals surface area contributed by atoms with E-state index in [4.69, 9.17) is 24.7 Å². The van der Waals surface area contributed by atoms with E-state index in [2.05, 4.69) is 30.8 Å². The van der Waals surface area contributed by atoms with Gasteiger partial charge in [-0.25, -0.2) is 19.3 Å². The number of nitriles is 1. The first-order valence-electron chi connectivity index (χ1n) is 13.2. The summed E-state index contributed by atoms with van der Waals surface area (Å²) in [6, 6.07) is 9.69. The molecule has 0 saturated carbocycles. The van der Waals surface area contributed by atoms with Crippen LogP contribution in [-0.2, 0) is 14.3 Å². The van der Waals surface area contributed by atoms with Crippen LogP contribution in [0, 0.1) is 22.6 Å². The van der Waals surface area contributed by atoms with E-state index < -0.39 is 11.7 Å². The highest BCUT2D eigenvalue weighted by Gasteiger charge is 2.40. The number of aromatic nitrogens is 4. The smallest absolute Gasteiger partial charge is 0.231 e. The first kappa shape index (κ1) is 27.6. The maximum Gasteiger partial charge on any atom is 0.231 e. The van der Waals surface area contributed by atoms with Crippen LogP contribution in [0.15, 0.2) is 36.5 Å². The summed E-state index contributed by atoms with van der Waals surface area (Å²) < 4.78 is 25.5. The summed E-state index contributed by atoms with van der Waals surface area (Å²) in [4.78, 5) is 31.9. The van der Waals surface area contributed by atoms with E-state index in [0.29, 0.717) is 34.4 Å². The van der Waals surface area contributed by atoms with Crippen LogP contribution in [-0.4, -0.2) is 83.3 Å². The van der Waals surface area contributed by atoms with Crippen molar-refractivity contribution >= 4 is 11.9 Å². The lowest BCUT2D eigenvalue weighted by Crippen LogP contribution is -2.48. The fraction of sp³-hybridized carbons (Fsp3) is 0.444. The zero-order chi connectivity index (χ0) is 28.0. The van der Waals surface area contributed by atoms with Crippen LogP contribution >= 0.6 is 0 Å². The number of anilines is 1.